The van der Waals surface area contributed by atoms with Crippen molar-refractivity contribution in [2.45, 2.75) is 33.9 Å². The number of nitrogens with zero attached hydrogens (tertiary/aromatic N) is 5. The Bertz CT molecular complexity index is 1270. The summed E-state index contributed by atoms with van der Waals surface area (Å²) in [6.07, 6.45) is 0. The number of benzene rings is 1. The predicted molar refractivity (Wildman–Crippen MR) is 120 cm³/mol. The number of anilines is 2. The average molecular weight is 441 g/mol. The molecule has 10 nitrogen and oxygen atoms in total. The molecule has 1 aromatic carbocycles. The first-order valence-electron chi connectivity index (χ1n) is 10.7. The third-order valence-electron chi connectivity index (χ3n) is 5.49. The lowest BCUT2D eigenvalue weighted by atomic mass is 10.1. The first kappa shape index (κ1) is 21.7. The van der Waals surface area contributed by atoms with E-state index in [1.54, 1.807) is 14.0 Å². The van der Waals surface area contributed by atoms with Crippen molar-refractivity contribution >= 4 is 28.8 Å². The number of rotatable bonds is 6. The number of hydrogen-bond acceptors (Lipinski definition) is 7. The Morgan fingerprint density at radius 2 is 1.84 bits per heavy atom. The molecule has 0 radical (unpaired) electrons. The fourth-order valence-corrected chi connectivity index (χ4v) is 4.09. The summed E-state index contributed by atoms with van der Waals surface area (Å²) in [6, 6.07) is 7.69. The molecule has 0 unspecified atom stereocenters. The van der Waals surface area contributed by atoms with Crippen LogP contribution in [0, 0.1) is 5.92 Å². The van der Waals surface area contributed by atoms with Crippen LogP contribution in [0.4, 0.5) is 11.6 Å². The highest BCUT2D eigenvalue weighted by atomic mass is 16.5. The monoisotopic (exact) mass is 441 g/mol. The van der Waals surface area contributed by atoms with Gasteiger partial charge < -0.3 is 18.9 Å². The lowest BCUT2D eigenvalue weighted by molar-refractivity contribution is -0.143. The number of fused-ring (bicyclic) bond motifs is 3. The summed E-state index contributed by atoms with van der Waals surface area (Å²) < 4.78 is 14.5. The number of carbonyl (C=O) groups is 1. The van der Waals surface area contributed by atoms with Gasteiger partial charge in [0.2, 0.25) is 5.95 Å². The quantitative estimate of drug-likeness (QED) is 0.536. The number of imidazole rings is 1. The molecule has 32 heavy (non-hydrogen) atoms. The standard InChI is InChI=1S/C22H27N5O5/c1-5-31-16-9-7-15(8-10-16)25-11-14(3)12-26-18-19(23-21(25)26)24(4)22(30)27(20(18)29)13-17(28)32-6-2/h7-10,14H,5-6,11-13H2,1-4H3/t14-/m1/s1. The fourth-order valence-electron chi connectivity index (χ4n) is 4.09. The van der Waals surface area contributed by atoms with Crippen molar-refractivity contribution in [3.63, 3.8) is 0 Å². The largest absolute Gasteiger partial charge is 0.494 e. The molecular weight excluding hydrogens is 414 g/mol. The third kappa shape index (κ3) is 3.65. The van der Waals surface area contributed by atoms with Gasteiger partial charge in [-0.3, -0.25) is 14.2 Å². The van der Waals surface area contributed by atoms with E-state index in [4.69, 9.17) is 9.47 Å². The van der Waals surface area contributed by atoms with Crippen LogP contribution < -0.4 is 20.9 Å². The summed E-state index contributed by atoms with van der Waals surface area (Å²) in [5.74, 6) is 0.956. The van der Waals surface area contributed by atoms with Crippen LogP contribution in [0.2, 0.25) is 0 Å². The summed E-state index contributed by atoms with van der Waals surface area (Å²) in [4.78, 5) is 44.8. The first-order chi connectivity index (χ1) is 15.3. The molecule has 0 amide bonds. The first-order valence-corrected chi connectivity index (χ1v) is 10.7. The normalized spacial score (nSPS) is 15.6. The summed E-state index contributed by atoms with van der Waals surface area (Å²) in [5.41, 5.74) is 0.352. The van der Waals surface area contributed by atoms with Gasteiger partial charge in [-0.15, -0.1) is 0 Å². The summed E-state index contributed by atoms with van der Waals surface area (Å²) in [5, 5.41) is 0. The highest BCUT2D eigenvalue weighted by Crippen LogP contribution is 2.33. The fraction of sp³-hybridized carbons (Fsp3) is 0.455. The maximum absolute atomic E-state index is 13.3. The van der Waals surface area contributed by atoms with Gasteiger partial charge in [-0.25, -0.2) is 9.36 Å². The number of aromatic nitrogens is 4. The third-order valence-corrected chi connectivity index (χ3v) is 5.49. The second kappa shape index (κ2) is 8.52. The molecule has 0 spiro atoms. The van der Waals surface area contributed by atoms with Crippen LogP contribution in [0.5, 0.6) is 5.75 Å². The molecular formula is C22H27N5O5. The molecule has 0 N–H and O–H groups in total. The highest BCUT2D eigenvalue weighted by Gasteiger charge is 2.30. The average Bonchev–Trinajstić information content (AvgIpc) is 3.15. The molecule has 1 atom stereocenters. The Labute approximate surface area is 184 Å². The topological polar surface area (TPSA) is 101 Å². The zero-order chi connectivity index (χ0) is 23.0. The zero-order valence-electron chi connectivity index (χ0n) is 18.7. The summed E-state index contributed by atoms with van der Waals surface area (Å²) in [7, 11) is 1.55. The van der Waals surface area contributed by atoms with Crippen molar-refractivity contribution in [3.8, 4) is 5.75 Å². The SMILES string of the molecule is CCOC(=O)Cn1c(=O)c2c(nc3n2C[C@H](C)CN3c2ccc(OCC)cc2)n(C)c1=O. The van der Waals surface area contributed by atoms with E-state index in [1.165, 1.54) is 4.57 Å². The number of esters is 1. The second-order valence-corrected chi connectivity index (χ2v) is 7.88. The van der Waals surface area contributed by atoms with Gasteiger partial charge in [-0.05, 0) is 44.0 Å². The van der Waals surface area contributed by atoms with E-state index in [1.807, 2.05) is 40.7 Å². The number of carbonyl (C=O) groups excluding carboxylic acids is 1. The van der Waals surface area contributed by atoms with Crippen LogP contribution in [-0.4, -0.2) is 44.4 Å². The zero-order valence-corrected chi connectivity index (χ0v) is 18.7. The summed E-state index contributed by atoms with van der Waals surface area (Å²) >= 11 is 0. The van der Waals surface area contributed by atoms with Crippen LogP contribution in [-0.2, 0) is 29.7 Å². The van der Waals surface area contributed by atoms with Crippen LogP contribution in [0.3, 0.4) is 0 Å². The van der Waals surface area contributed by atoms with Crippen LogP contribution >= 0.6 is 0 Å². The Balaban J connectivity index is 1.87. The Morgan fingerprint density at radius 1 is 1.12 bits per heavy atom. The van der Waals surface area contributed by atoms with Crippen LogP contribution in [0.25, 0.3) is 11.2 Å². The van der Waals surface area contributed by atoms with Gasteiger partial charge in [0, 0.05) is 25.8 Å². The molecule has 0 saturated carbocycles. The minimum Gasteiger partial charge on any atom is -0.494 e. The van der Waals surface area contributed by atoms with Crippen molar-refractivity contribution in [2.75, 3.05) is 24.7 Å². The van der Waals surface area contributed by atoms with Gasteiger partial charge in [0.05, 0.1) is 13.2 Å². The molecule has 0 fully saturated rings. The Morgan fingerprint density at radius 3 is 2.50 bits per heavy atom. The lowest BCUT2D eigenvalue weighted by Gasteiger charge is -2.33. The van der Waals surface area contributed by atoms with Gasteiger partial charge in [0.15, 0.2) is 11.2 Å². The molecule has 3 aromatic rings. The van der Waals surface area contributed by atoms with Crippen LogP contribution in [0.15, 0.2) is 33.9 Å². The van der Waals surface area contributed by atoms with Crippen molar-refractivity contribution < 1.29 is 14.3 Å². The van der Waals surface area contributed by atoms with E-state index >= 15 is 0 Å². The molecule has 1 aliphatic heterocycles. The maximum atomic E-state index is 13.3. The Kier molecular flexibility index (Phi) is 5.77. The van der Waals surface area contributed by atoms with Crippen LogP contribution in [0.1, 0.15) is 20.8 Å². The van der Waals surface area contributed by atoms with Crippen molar-refractivity contribution in [1.82, 2.24) is 18.7 Å². The molecule has 1 aliphatic rings. The van der Waals surface area contributed by atoms with E-state index in [0.717, 1.165) is 16.0 Å². The van der Waals surface area contributed by atoms with Crippen molar-refractivity contribution in [2.24, 2.45) is 13.0 Å². The minimum absolute atomic E-state index is 0.173. The molecule has 2 aromatic heterocycles. The smallest absolute Gasteiger partial charge is 0.333 e. The van der Waals surface area contributed by atoms with Gasteiger partial charge >= 0.3 is 11.7 Å². The van der Waals surface area contributed by atoms with E-state index in [9.17, 15) is 14.4 Å². The molecule has 0 saturated heterocycles. The number of aryl methyl sites for hydroxylation is 1. The second-order valence-electron chi connectivity index (χ2n) is 7.88. The number of ether oxygens (including phenoxy) is 2. The molecule has 4 rings (SSSR count). The summed E-state index contributed by atoms with van der Waals surface area (Å²) in [6.45, 7) is 7.31. The van der Waals surface area contributed by atoms with Gasteiger partial charge in [-0.1, -0.05) is 6.92 Å². The number of hydrogen-bond donors (Lipinski definition) is 0. The molecule has 170 valence electrons. The highest BCUT2D eigenvalue weighted by molar-refractivity contribution is 5.77. The maximum Gasteiger partial charge on any atom is 0.333 e. The lowest BCUT2D eigenvalue weighted by Crippen LogP contribution is -2.42. The van der Waals surface area contributed by atoms with Gasteiger partial charge in [-0.2, -0.15) is 4.98 Å². The van der Waals surface area contributed by atoms with Gasteiger partial charge in [0.25, 0.3) is 5.56 Å². The molecule has 0 bridgehead atoms. The van der Waals surface area contributed by atoms with E-state index < -0.39 is 23.8 Å². The van der Waals surface area contributed by atoms with E-state index in [2.05, 4.69) is 11.9 Å². The molecule has 0 aliphatic carbocycles. The van der Waals surface area contributed by atoms with Crippen molar-refractivity contribution in [3.05, 3.63) is 45.1 Å². The van der Waals surface area contributed by atoms with E-state index in [-0.39, 0.29) is 12.5 Å². The molecule has 3 heterocycles. The van der Waals surface area contributed by atoms with Gasteiger partial charge in [0.1, 0.15) is 12.3 Å². The molecule has 10 heteroatoms. The minimum atomic E-state index is -0.631. The Hall–Kier alpha value is -3.56. The predicted octanol–water partition coefficient (Wildman–Crippen LogP) is 1.65. The van der Waals surface area contributed by atoms with Crippen molar-refractivity contribution in [1.29, 1.82) is 0 Å². The van der Waals surface area contributed by atoms with E-state index in [0.29, 0.717) is 36.8 Å².